The maximum Gasteiger partial charge on any atom is 0.159 e. The van der Waals surface area contributed by atoms with E-state index in [1.807, 2.05) is 0 Å². The van der Waals surface area contributed by atoms with Crippen molar-refractivity contribution in [1.82, 2.24) is 0 Å². The molecule has 0 aromatic heterocycles. The first-order chi connectivity index (χ1) is 13.3. The molecule has 0 aromatic rings. The van der Waals surface area contributed by atoms with E-state index in [2.05, 4.69) is 40.7 Å². The Bertz CT molecular complexity index is 630. The van der Waals surface area contributed by atoms with Gasteiger partial charge >= 0.3 is 0 Å². The topological polar surface area (TPSA) is 17.1 Å². The molecule has 0 N–H and O–H groups in total. The summed E-state index contributed by atoms with van der Waals surface area (Å²) in [6, 6.07) is 0. The zero-order valence-electron chi connectivity index (χ0n) is 19.2. The maximum absolute atomic E-state index is 12.6. The quantitative estimate of drug-likeness (QED) is 0.477. The number of hydrogen-bond acceptors (Lipinski definition) is 1. The maximum atomic E-state index is 12.6. The van der Waals surface area contributed by atoms with Crippen LogP contribution < -0.4 is 0 Å². The smallest absolute Gasteiger partial charge is 0.159 e. The van der Waals surface area contributed by atoms with Crippen LogP contribution in [0.2, 0.25) is 0 Å². The van der Waals surface area contributed by atoms with Gasteiger partial charge in [-0.2, -0.15) is 0 Å². The highest BCUT2D eigenvalue weighted by Gasteiger charge is 2.59. The Morgan fingerprint density at radius 1 is 1.04 bits per heavy atom. The van der Waals surface area contributed by atoms with Crippen LogP contribution in [0, 0.1) is 46.3 Å². The van der Waals surface area contributed by atoms with Crippen LogP contribution in [0.1, 0.15) is 105 Å². The minimum Gasteiger partial charge on any atom is -0.295 e. The predicted octanol–water partition coefficient (Wildman–Crippen LogP) is 7.60. The van der Waals surface area contributed by atoms with Gasteiger partial charge in [0.05, 0.1) is 0 Å². The minimum absolute atomic E-state index is 0.195. The predicted molar refractivity (Wildman–Crippen MR) is 118 cm³/mol. The highest BCUT2D eigenvalue weighted by Crippen LogP contribution is 2.67. The van der Waals surface area contributed by atoms with E-state index in [0.29, 0.717) is 11.2 Å². The van der Waals surface area contributed by atoms with Crippen molar-refractivity contribution in [3.8, 4) is 0 Å². The highest BCUT2D eigenvalue weighted by molar-refractivity contribution is 5.97. The van der Waals surface area contributed by atoms with Crippen LogP contribution in [-0.2, 0) is 4.79 Å². The van der Waals surface area contributed by atoms with Gasteiger partial charge in [0.1, 0.15) is 0 Å². The average Bonchev–Trinajstić information content (AvgIpc) is 2.98. The summed E-state index contributed by atoms with van der Waals surface area (Å²) in [6.07, 6.45) is 16.7. The molecule has 3 fully saturated rings. The summed E-state index contributed by atoms with van der Waals surface area (Å²) in [6.45, 7) is 12.4. The number of Topliss-reactive ketones (excluding diaryl/α,β-unsaturated/α-hetero) is 1. The van der Waals surface area contributed by atoms with Gasteiger partial charge in [-0.3, -0.25) is 4.79 Å². The van der Waals surface area contributed by atoms with Crippen LogP contribution in [0.5, 0.6) is 0 Å². The van der Waals surface area contributed by atoms with Crippen LogP contribution in [0.25, 0.3) is 0 Å². The molecule has 4 rings (SSSR count). The molecule has 0 spiro atoms. The third-order valence-electron chi connectivity index (χ3n) is 10.1. The second-order valence-corrected chi connectivity index (χ2v) is 12.0. The van der Waals surface area contributed by atoms with Crippen molar-refractivity contribution in [2.24, 2.45) is 46.3 Å². The van der Waals surface area contributed by atoms with Gasteiger partial charge in [0, 0.05) is 6.42 Å². The molecule has 3 saturated carbocycles. The fourth-order valence-electron chi connectivity index (χ4n) is 8.62. The lowest BCUT2D eigenvalue weighted by Gasteiger charge is -2.57. The molecule has 0 bridgehead atoms. The number of ketones is 1. The van der Waals surface area contributed by atoms with Crippen molar-refractivity contribution >= 4 is 5.78 Å². The number of rotatable bonds is 5. The first-order valence-electron chi connectivity index (χ1n) is 12.5. The normalized spacial score (nSPS) is 43.9. The Labute approximate surface area is 174 Å². The number of carbonyl (C=O) groups excluding carboxylic acids is 1. The van der Waals surface area contributed by atoms with E-state index in [9.17, 15) is 4.79 Å². The lowest BCUT2D eigenvalue weighted by molar-refractivity contribution is -0.121. The fourth-order valence-corrected chi connectivity index (χ4v) is 8.62. The lowest BCUT2D eigenvalue weighted by atomic mass is 9.47. The molecule has 28 heavy (non-hydrogen) atoms. The van der Waals surface area contributed by atoms with Crippen LogP contribution >= 0.6 is 0 Å². The summed E-state index contributed by atoms with van der Waals surface area (Å²) in [5, 5.41) is 0. The molecule has 0 saturated heterocycles. The highest BCUT2D eigenvalue weighted by atomic mass is 16.1. The number of allylic oxidation sites excluding steroid dienone is 2. The third kappa shape index (κ3) is 3.24. The summed E-state index contributed by atoms with van der Waals surface area (Å²) in [5.74, 6) is 5.63. The average molecular weight is 385 g/mol. The van der Waals surface area contributed by atoms with Gasteiger partial charge in [-0.05, 0) is 96.9 Å². The molecule has 0 aliphatic heterocycles. The van der Waals surface area contributed by atoms with Gasteiger partial charge in [0.15, 0.2) is 5.78 Å². The molecular formula is C27H44O. The Hall–Kier alpha value is -0.590. The minimum atomic E-state index is 0.195. The van der Waals surface area contributed by atoms with E-state index in [1.165, 1.54) is 63.4 Å². The molecule has 158 valence electrons. The van der Waals surface area contributed by atoms with Crippen molar-refractivity contribution in [2.75, 3.05) is 0 Å². The van der Waals surface area contributed by atoms with Crippen LogP contribution in [0.4, 0.5) is 0 Å². The van der Waals surface area contributed by atoms with Gasteiger partial charge < -0.3 is 0 Å². The summed E-state index contributed by atoms with van der Waals surface area (Å²) >= 11 is 0. The van der Waals surface area contributed by atoms with Crippen LogP contribution in [-0.4, -0.2) is 5.78 Å². The van der Waals surface area contributed by atoms with Gasteiger partial charge in [-0.15, -0.1) is 0 Å². The van der Waals surface area contributed by atoms with E-state index in [0.717, 1.165) is 48.3 Å². The summed E-state index contributed by atoms with van der Waals surface area (Å²) in [5.41, 5.74) is 1.99. The van der Waals surface area contributed by atoms with E-state index in [4.69, 9.17) is 0 Å². The monoisotopic (exact) mass is 384 g/mol. The van der Waals surface area contributed by atoms with E-state index >= 15 is 0 Å². The third-order valence-corrected chi connectivity index (χ3v) is 10.1. The molecule has 4 aliphatic rings. The van der Waals surface area contributed by atoms with Crippen molar-refractivity contribution in [3.05, 3.63) is 11.6 Å². The molecule has 1 nitrogen and oxygen atoms in total. The molecular weight excluding hydrogens is 340 g/mol. The zero-order chi connectivity index (χ0) is 20.1. The SMILES string of the molecule is CC(C)CCC[C@@H](C)[C@H]1CC[C@H]2[C@@H]3CC=C4C(=O)CCC[C@]4(C)[C@H]3CC[C@]12C. The molecule has 0 unspecified atom stereocenters. The fraction of sp³-hybridized carbons (Fsp3) is 0.889. The molecule has 0 heterocycles. The van der Waals surface area contributed by atoms with Crippen molar-refractivity contribution < 1.29 is 4.79 Å². The molecule has 7 atom stereocenters. The summed E-state index contributed by atoms with van der Waals surface area (Å²) < 4.78 is 0. The largest absolute Gasteiger partial charge is 0.295 e. The standard InChI is InChI=1S/C27H44O/c1-18(2)8-6-9-19(3)21-13-14-22-20-11-12-24-25(28)10-7-16-26(24,4)23(20)15-17-27(21,22)5/h12,18-23H,6-11,13-17H2,1-5H3/t19-,20+,21-,22+,23+,26-,27-/m1/s1. The Morgan fingerprint density at radius 2 is 1.82 bits per heavy atom. The van der Waals surface area contributed by atoms with Gasteiger partial charge in [0.2, 0.25) is 0 Å². The molecule has 1 heteroatoms. The van der Waals surface area contributed by atoms with Gasteiger partial charge in [0.25, 0.3) is 0 Å². The molecule has 0 aromatic carbocycles. The van der Waals surface area contributed by atoms with Crippen molar-refractivity contribution in [1.29, 1.82) is 0 Å². The van der Waals surface area contributed by atoms with E-state index in [-0.39, 0.29) is 5.41 Å². The van der Waals surface area contributed by atoms with Crippen LogP contribution in [0.3, 0.4) is 0 Å². The lowest BCUT2D eigenvalue weighted by Crippen LogP contribution is -2.51. The number of fused-ring (bicyclic) bond motifs is 5. The Kier molecular flexibility index (Phi) is 5.60. The number of hydrogen-bond donors (Lipinski definition) is 0. The number of carbonyl (C=O) groups is 1. The summed E-state index contributed by atoms with van der Waals surface area (Å²) in [4.78, 5) is 12.6. The Balaban J connectivity index is 1.51. The second-order valence-electron chi connectivity index (χ2n) is 12.0. The van der Waals surface area contributed by atoms with Crippen molar-refractivity contribution in [2.45, 2.75) is 105 Å². The van der Waals surface area contributed by atoms with E-state index < -0.39 is 0 Å². The van der Waals surface area contributed by atoms with Crippen LogP contribution in [0.15, 0.2) is 11.6 Å². The van der Waals surface area contributed by atoms with Gasteiger partial charge in [-0.1, -0.05) is 60.0 Å². The Morgan fingerprint density at radius 3 is 2.57 bits per heavy atom. The van der Waals surface area contributed by atoms with Crippen molar-refractivity contribution in [3.63, 3.8) is 0 Å². The van der Waals surface area contributed by atoms with E-state index in [1.54, 1.807) is 0 Å². The van der Waals surface area contributed by atoms with Gasteiger partial charge in [-0.25, -0.2) is 0 Å². The molecule has 4 aliphatic carbocycles. The first kappa shape index (κ1) is 20.7. The second kappa shape index (κ2) is 7.59. The molecule has 0 radical (unpaired) electrons. The molecule has 0 amide bonds. The first-order valence-corrected chi connectivity index (χ1v) is 12.5. The summed E-state index contributed by atoms with van der Waals surface area (Å²) in [7, 11) is 0. The zero-order valence-corrected chi connectivity index (χ0v) is 19.2.